The maximum absolute atomic E-state index is 12.3. The Labute approximate surface area is 119 Å². The molecule has 1 saturated heterocycles. The number of amides is 1. The van der Waals surface area contributed by atoms with Gasteiger partial charge in [0.25, 0.3) is 0 Å². The Morgan fingerprint density at radius 3 is 2.90 bits per heavy atom. The summed E-state index contributed by atoms with van der Waals surface area (Å²) in [6.07, 6.45) is 2.19. The van der Waals surface area contributed by atoms with Crippen LogP contribution >= 0.6 is 0 Å². The van der Waals surface area contributed by atoms with Crippen molar-refractivity contribution in [2.45, 2.75) is 31.8 Å². The molecule has 1 aromatic carbocycles. The van der Waals surface area contributed by atoms with Crippen LogP contribution in [-0.2, 0) is 9.53 Å². The molecule has 1 atom stereocenters. The van der Waals surface area contributed by atoms with E-state index in [4.69, 9.17) is 10.5 Å². The Morgan fingerprint density at radius 2 is 2.20 bits per heavy atom. The molecule has 1 amide bonds. The van der Waals surface area contributed by atoms with Crippen molar-refractivity contribution in [1.29, 1.82) is 0 Å². The number of aryl methyl sites for hydroxylation is 1. The van der Waals surface area contributed by atoms with Gasteiger partial charge >= 0.3 is 0 Å². The minimum atomic E-state index is -0.259. The number of nitrogens with zero attached hydrogens (tertiary/aromatic N) is 1. The van der Waals surface area contributed by atoms with E-state index in [9.17, 15) is 4.79 Å². The van der Waals surface area contributed by atoms with Crippen molar-refractivity contribution >= 4 is 17.3 Å². The highest BCUT2D eigenvalue weighted by atomic mass is 16.5. The third-order valence-corrected chi connectivity index (χ3v) is 3.77. The monoisotopic (exact) mass is 275 g/mol. The maximum Gasteiger partial charge on any atom is 0.245 e. The summed E-state index contributed by atoms with van der Waals surface area (Å²) >= 11 is 0. The quantitative estimate of drug-likeness (QED) is 0.810. The van der Waals surface area contributed by atoms with E-state index in [2.05, 4.69) is 16.3 Å². The van der Waals surface area contributed by atoms with Crippen LogP contribution in [-0.4, -0.2) is 37.7 Å². The Hall–Kier alpha value is -1.75. The summed E-state index contributed by atoms with van der Waals surface area (Å²) in [4.78, 5) is 14.4. The lowest BCUT2D eigenvalue weighted by molar-refractivity contribution is -0.124. The van der Waals surface area contributed by atoms with Gasteiger partial charge in [-0.2, -0.15) is 0 Å². The number of benzene rings is 1. The van der Waals surface area contributed by atoms with Crippen molar-refractivity contribution in [2.24, 2.45) is 0 Å². The lowest BCUT2D eigenvalue weighted by Crippen LogP contribution is -2.54. The second-order valence-corrected chi connectivity index (χ2v) is 5.67. The molecule has 1 unspecified atom stereocenters. The van der Waals surface area contributed by atoms with Crippen LogP contribution in [0.25, 0.3) is 0 Å². The summed E-state index contributed by atoms with van der Waals surface area (Å²) in [7, 11) is 0. The first-order valence-electron chi connectivity index (χ1n) is 7.15. The molecule has 1 heterocycles. The highest BCUT2D eigenvalue weighted by molar-refractivity contribution is 5.86. The first-order chi connectivity index (χ1) is 9.63. The first kappa shape index (κ1) is 13.2. The zero-order chi connectivity index (χ0) is 14.1. The average molecular weight is 275 g/mol. The Bertz CT molecular complexity index is 494. The molecule has 108 valence electrons. The van der Waals surface area contributed by atoms with E-state index in [-0.39, 0.29) is 11.9 Å². The van der Waals surface area contributed by atoms with Gasteiger partial charge < -0.3 is 20.7 Å². The predicted molar refractivity (Wildman–Crippen MR) is 78.7 cm³/mol. The van der Waals surface area contributed by atoms with Crippen molar-refractivity contribution in [1.82, 2.24) is 5.32 Å². The fourth-order valence-electron chi connectivity index (χ4n) is 2.61. The summed E-state index contributed by atoms with van der Waals surface area (Å²) in [6.45, 7) is 3.80. The number of nitrogen functional groups attached to an aromatic ring is 1. The fraction of sp³-hybridized carbons (Fsp3) is 0.533. The van der Waals surface area contributed by atoms with Crippen LogP contribution in [0.3, 0.4) is 0 Å². The van der Waals surface area contributed by atoms with Crippen molar-refractivity contribution < 1.29 is 9.53 Å². The zero-order valence-electron chi connectivity index (χ0n) is 11.8. The Balaban J connectivity index is 1.81. The molecule has 2 aliphatic rings. The largest absolute Gasteiger partial charge is 0.399 e. The summed E-state index contributed by atoms with van der Waals surface area (Å²) in [6, 6.07) is 6.04. The van der Waals surface area contributed by atoms with Gasteiger partial charge in [-0.05, 0) is 43.5 Å². The molecular formula is C15H21N3O2. The topological polar surface area (TPSA) is 67.6 Å². The molecular weight excluding hydrogens is 254 g/mol. The summed E-state index contributed by atoms with van der Waals surface area (Å²) in [5.74, 6) is 0.0623. The van der Waals surface area contributed by atoms with Gasteiger partial charge in [0.1, 0.15) is 6.04 Å². The van der Waals surface area contributed by atoms with E-state index in [1.54, 1.807) is 0 Å². The van der Waals surface area contributed by atoms with Crippen LogP contribution in [0.15, 0.2) is 18.2 Å². The number of anilines is 2. The number of nitrogens with two attached hydrogens (primary N) is 1. The zero-order valence-corrected chi connectivity index (χ0v) is 11.8. The molecule has 1 saturated carbocycles. The van der Waals surface area contributed by atoms with Gasteiger partial charge in [-0.25, -0.2) is 0 Å². The Morgan fingerprint density at radius 1 is 1.40 bits per heavy atom. The molecule has 2 fully saturated rings. The van der Waals surface area contributed by atoms with Crippen molar-refractivity contribution in [2.75, 3.05) is 30.4 Å². The average Bonchev–Trinajstić information content (AvgIpc) is 3.21. The highest BCUT2D eigenvalue weighted by Crippen LogP contribution is 2.25. The smallest absolute Gasteiger partial charge is 0.245 e. The van der Waals surface area contributed by atoms with E-state index >= 15 is 0 Å². The lowest BCUT2D eigenvalue weighted by Gasteiger charge is -2.36. The van der Waals surface area contributed by atoms with Crippen LogP contribution in [0.4, 0.5) is 11.4 Å². The minimum absolute atomic E-state index is 0.0623. The number of hydrogen-bond donors (Lipinski definition) is 2. The van der Waals surface area contributed by atoms with Gasteiger partial charge in [0.2, 0.25) is 5.91 Å². The van der Waals surface area contributed by atoms with E-state index in [0.717, 1.165) is 29.8 Å². The number of morpholine rings is 1. The van der Waals surface area contributed by atoms with Crippen molar-refractivity contribution in [3.05, 3.63) is 23.8 Å². The molecule has 0 spiro atoms. The normalized spacial score (nSPS) is 22.6. The van der Waals surface area contributed by atoms with Crippen LogP contribution in [0.2, 0.25) is 0 Å². The van der Waals surface area contributed by atoms with Crippen molar-refractivity contribution in [3.63, 3.8) is 0 Å². The third-order valence-electron chi connectivity index (χ3n) is 3.77. The summed E-state index contributed by atoms with van der Waals surface area (Å²) < 4.78 is 5.48. The molecule has 3 N–H and O–H groups in total. The van der Waals surface area contributed by atoms with E-state index < -0.39 is 0 Å². The van der Waals surface area contributed by atoms with Crippen LogP contribution in [0.1, 0.15) is 18.4 Å². The fourth-order valence-corrected chi connectivity index (χ4v) is 2.61. The summed E-state index contributed by atoms with van der Waals surface area (Å²) in [5.41, 5.74) is 8.76. The second kappa shape index (κ2) is 5.32. The molecule has 20 heavy (non-hydrogen) atoms. The molecule has 3 rings (SSSR count). The minimum Gasteiger partial charge on any atom is -0.399 e. The molecule has 5 heteroatoms. The van der Waals surface area contributed by atoms with Crippen LogP contribution < -0.4 is 16.0 Å². The SMILES string of the molecule is Cc1cc(N)cc(N2CCOCC2C(=O)NC2CC2)c1. The Kier molecular flexibility index (Phi) is 3.53. The van der Waals surface area contributed by atoms with Gasteiger partial charge in [0.05, 0.1) is 13.2 Å². The van der Waals surface area contributed by atoms with Gasteiger partial charge in [-0.15, -0.1) is 0 Å². The molecule has 1 aliphatic carbocycles. The van der Waals surface area contributed by atoms with Gasteiger partial charge in [0.15, 0.2) is 0 Å². The number of ether oxygens (including phenoxy) is 1. The predicted octanol–water partition coefficient (Wildman–Crippen LogP) is 1.06. The second-order valence-electron chi connectivity index (χ2n) is 5.67. The van der Waals surface area contributed by atoms with Gasteiger partial charge in [-0.3, -0.25) is 4.79 Å². The maximum atomic E-state index is 12.3. The number of carbonyl (C=O) groups excluding carboxylic acids is 1. The molecule has 5 nitrogen and oxygen atoms in total. The third kappa shape index (κ3) is 2.88. The number of carbonyl (C=O) groups is 1. The number of nitrogens with one attached hydrogen (secondary N) is 1. The van der Waals surface area contributed by atoms with Gasteiger partial charge in [-0.1, -0.05) is 0 Å². The first-order valence-corrected chi connectivity index (χ1v) is 7.15. The van der Waals surface area contributed by atoms with Crippen LogP contribution in [0.5, 0.6) is 0 Å². The van der Waals surface area contributed by atoms with Crippen molar-refractivity contribution in [3.8, 4) is 0 Å². The van der Waals surface area contributed by atoms with Crippen LogP contribution in [0, 0.1) is 6.92 Å². The molecule has 0 bridgehead atoms. The van der Waals surface area contributed by atoms with E-state index in [1.807, 2.05) is 19.1 Å². The standard InChI is InChI=1S/C15H21N3O2/c1-10-6-11(16)8-13(7-10)18-4-5-20-9-14(18)15(19)17-12-2-3-12/h6-8,12,14H,2-5,9,16H2,1H3,(H,17,19). The number of hydrogen-bond acceptors (Lipinski definition) is 4. The van der Waals surface area contributed by atoms with E-state index in [1.165, 1.54) is 0 Å². The molecule has 0 radical (unpaired) electrons. The van der Waals surface area contributed by atoms with E-state index in [0.29, 0.717) is 25.8 Å². The molecule has 1 aliphatic heterocycles. The summed E-state index contributed by atoms with van der Waals surface area (Å²) in [5, 5.41) is 3.06. The lowest BCUT2D eigenvalue weighted by atomic mass is 10.1. The molecule has 1 aromatic rings. The number of rotatable bonds is 3. The van der Waals surface area contributed by atoms with Gasteiger partial charge in [0, 0.05) is 24.0 Å². The highest BCUT2D eigenvalue weighted by Gasteiger charge is 2.33. The molecule has 0 aromatic heterocycles.